The molecule has 0 aliphatic rings. The Morgan fingerprint density at radius 1 is 1.53 bits per heavy atom. The van der Waals surface area contributed by atoms with Crippen molar-refractivity contribution in [2.45, 2.75) is 6.10 Å². The number of phenols is 1. The van der Waals surface area contributed by atoms with Crippen molar-refractivity contribution in [3.05, 3.63) is 21.5 Å². The van der Waals surface area contributed by atoms with Gasteiger partial charge in [-0.05, 0) is 34.7 Å². The summed E-state index contributed by atoms with van der Waals surface area (Å²) in [5.41, 5.74) is 0.247. The van der Waals surface area contributed by atoms with Crippen LogP contribution in [0.25, 0.3) is 0 Å². The summed E-state index contributed by atoms with van der Waals surface area (Å²) < 4.78 is 13.6. The monoisotopic (exact) mass is 345 g/mol. The highest BCUT2D eigenvalue weighted by molar-refractivity contribution is 14.1. The van der Waals surface area contributed by atoms with Crippen LogP contribution in [0, 0.1) is 9.39 Å². The number of rotatable bonds is 4. The Bertz CT molecular complexity index is 351. The van der Waals surface area contributed by atoms with Gasteiger partial charge in [0.25, 0.3) is 0 Å². The standard InChI is InChI=1S/C9H10ClFINO2/c10-3-5(14)4-13-7-2-1-6(12)8(11)9(7)15/h1-2,5,13-15H,3-4H2. The van der Waals surface area contributed by atoms with Crippen LogP contribution < -0.4 is 5.32 Å². The van der Waals surface area contributed by atoms with Crippen molar-refractivity contribution in [3.63, 3.8) is 0 Å². The number of hydrogen-bond donors (Lipinski definition) is 3. The van der Waals surface area contributed by atoms with Crippen molar-refractivity contribution in [3.8, 4) is 5.75 Å². The number of aromatic hydroxyl groups is 1. The van der Waals surface area contributed by atoms with Gasteiger partial charge in [-0.15, -0.1) is 11.6 Å². The number of benzene rings is 1. The molecule has 0 aliphatic heterocycles. The quantitative estimate of drug-likeness (QED) is 0.445. The fourth-order valence-electron chi connectivity index (χ4n) is 0.965. The fourth-order valence-corrected chi connectivity index (χ4v) is 1.51. The Morgan fingerprint density at radius 3 is 2.80 bits per heavy atom. The number of halogens is 3. The van der Waals surface area contributed by atoms with Crippen LogP contribution in [-0.2, 0) is 0 Å². The molecule has 1 unspecified atom stereocenters. The summed E-state index contributed by atoms with van der Waals surface area (Å²) in [6.45, 7) is 0.164. The molecule has 0 aromatic heterocycles. The molecule has 0 saturated heterocycles. The number of phenolic OH excluding ortho intramolecular Hbond substituents is 1. The first-order valence-corrected chi connectivity index (χ1v) is 5.82. The van der Waals surface area contributed by atoms with Crippen molar-refractivity contribution in [1.82, 2.24) is 0 Å². The zero-order valence-corrected chi connectivity index (χ0v) is 10.6. The third-order valence-corrected chi connectivity index (χ3v) is 2.96. The molecule has 3 N–H and O–H groups in total. The fraction of sp³-hybridized carbons (Fsp3) is 0.333. The van der Waals surface area contributed by atoms with Crippen LogP contribution in [0.4, 0.5) is 10.1 Å². The van der Waals surface area contributed by atoms with Gasteiger partial charge in [-0.1, -0.05) is 0 Å². The van der Waals surface area contributed by atoms with Crippen molar-refractivity contribution < 1.29 is 14.6 Å². The van der Waals surface area contributed by atoms with Gasteiger partial charge in [0.2, 0.25) is 0 Å². The number of alkyl halides is 1. The highest BCUT2D eigenvalue weighted by Crippen LogP contribution is 2.29. The number of anilines is 1. The first-order valence-electron chi connectivity index (χ1n) is 4.21. The topological polar surface area (TPSA) is 52.5 Å². The van der Waals surface area contributed by atoms with E-state index in [-0.39, 0.29) is 18.1 Å². The molecule has 1 rings (SSSR count). The van der Waals surface area contributed by atoms with E-state index in [1.165, 1.54) is 6.07 Å². The smallest absolute Gasteiger partial charge is 0.180 e. The highest BCUT2D eigenvalue weighted by atomic mass is 127. The van der Waals surface area contributed by atoms with Crippen LogP contribution in [0.3, 0.4) is 0 Å². The van der Waals surface area contributed by atoms with Gasteiger partial charge >= 0.3 is 0 Å². The molecule has 0 radical (unpaired) electrons. The van der Waals surface area contributed by atoms with E-state index in [2.05, 4.69) is 5.32 Å². The summed E-state index contributed by atoms with van der Waals surface area (Å²) in [6, 6.07) is 3.08. The molecule has 0 saturated carbocycles. The lowest BCUT2D eigenvalue weighted by Gasteiger charge is -2.12. The molecule has 3 nitrogen and oxygen atoms in total. The number of hydrogen-bond acceptors (Lipinski definition) is 3. The van der Waals surface area contributed by atoms with Crippen molar-refractivity contribution >= 4 is 39.9 Å². The van der Waals surface area contributed by atoms with Gasteiger partial charge in [-0.3, -0.25) is 0 Å². The van der Waals surface area contributed by atoms with E-state index in [1.807, 2.05) is 0 Å². The van der Waals surface area contributed by atoms with E-state index in [1.54, 1.807) is 28.7 Å². The predicted molar refractivity (Wildman–Crippen MR) is 66.0 cm³/mol. The molecule has 0 bridgehead atoms. The van der Waals surface area contributed by atoms with Gasteiger partial charge in [0.05, 0.1) is 21.2 Å². The van der Waals surface area contributed by atoms with Crippen LogP contribution in [0.2, 0.25) is 0 Å². The maximum absolute atomic E-state index is 13.2. The SMILES string of the molecule is Oc1c(NCC(O)CCl)ccc(I)c1F. The summed E-state index contributed by atoms with van der Waals surface area (Å²) in [5.74, 6) is -1.02. The van der Waals surface area contributed by atoms with Gasteiger partial charge in [0, 0.05) is 6.54 Å². The van der Waals surface area contributed by atoms with Crippen molar-refractivity contribution in [1.29, 1.82) is 0 Å². The molecule has 0 heterocycles. The molecule has 0 amide bonds. The van der Waals surface area contributed by atoms with E-state index in [0.29, 0.717) is 3.57 Å². The molecule has 1 atom stereocenters. The first-order chi connectivity index (χ1) is 7.06. The van der Waals surface area contributed by atoms with Crippen LogP contribution in [0.1, 0.15) is 0 Å². The molecular weight excluding hydrogens is 335 g/mol. The molecule has 0 fully saturated rings. The second-order valence-electron chi connectivity index (χ2n) is 2.95. The first kappa shape index (κ1) is 12.8. The van der Waals surface area contributed by atoms with E-state index < -0.39 is 17.7 Å². The highest BCUT2D eigenvalue weighted by Gasteiger charge is 2.11. The minimum atomic E-state index is -0.728. The molecule has 1 aromatic rings. The number of aliphatic hydroxyl groups is 1. The Morgan fingerprint density at radius 2 is 2.20 bits per heavy atom. The zero-order valence-electron chi connectivity index (χ0n) is 7.67. The van der Waals surface area contributed by atoms with E-state index in [9.17, 15) is 9.50 Å². The van der Waals surface area contributed by atoms with E-state index in [0.717, 1.165) is 0 Å². The average molecular weight is 346 g/mol. The molecule has 1 aromatic carbocycles. The lowest BCUT2D eigenvalue weighted by molar-refractivity contribution is 0.211. The minimum absolute atomic E-state index is 0.0839. The van der Waals surface area contributed by atoms with Gasteiger partial charge < -0.3 is 15.5 Å². The summed E-state index contributed by atoms with van der Waals surface area (Å²) in [6.07, 6.45) is -0.728. The van der Waals surface area contributed by atoms with Crippen LogP contribution in [0.15, 0.2) is 12.1 Å². The van der Waals surface area contributed by atoms with Gasteiger partial charge in [0.15, 0.2) is 11.6 Å². The van der Waals surface area contributed by atoms with Crippen LogP contribution in [0.5, 0.6) is 5.75 Å². The number of nitrogens with one attached hydrogen (secondary N) is 1. The van der Waals surface area contributed by atoms with Crippen molar-refractivity contribution in [2.24, 2.45) is 0 Å². The second-order valence-corrected chi connectivity index (χ2v) is 4.42. The van der Waals surface area contributed by atoms with Crippen LogP contribution >= 0.6 is 34.2 Å². The van der Waals surface area contributed by atoms with Gasteiger partial charge in [-0.2, -0.15) is 0 Å². The molecular formula is C9H10ClFINO2. The minimum Gasteiger partial charge on any atom is -0.503 e. The molecule has 0 aliphatic carbocycles. The summed E-state index contributed by atoms with van der Waals surface area (Å²) in [7, 11) is 0. The van der Waals surface area contributed by atoms with Crippen LogP contribution in [-0.4, -0.2) is 28.7 Å². The maximum atomic E-state index is 13.2. The summed E-state index contributed by atoms with van der Waals surface area (Å²) in [4.78, 5) is 0. The third kappa shape index (κ3) is 3.35. The van der Waals surface area contributed by atoms with Gasteiger partial charge in [0.1, 0.15) is 0 Å². The Balaban J connectivity index is 2.74. The largest absolute Gasteiger partial charge is 0.503 e. The second kappa shape index (κ2) is 5.72. The van der Waals surface area contributed by atoms with E-state index >= 15 is 0 Å². The van der Waals surface area contributed by atoms with Crippen molar-refractivity contribution in [2.75, 3.05) is 17.7 Å². The number of aliphatic hydroxyl groups excluding tert-OH is 1. The molecule has 6 heteroatoms. The molecule has 15 heavy (non-hydrogen) atoms. The Kier molecular flexibility index (Phi) is 4.88. The lowest BCUT2D eigenvalue weighted by Crippen LogP contribution is -2.20. The zero-order chi connectivity index (χ0) is 11.4. The lowest BCUT2D eigenvalue weighted by atomic mass is 10.2. The third-order valence-electron chi connectivity index (χ3n) is 1.78. The Labute approximate surface area is 105 Å². The Hall–Kier alpha value is -0.270. The molecule has 0 spiro atoms. The average Bonchev–Trinajstić information content (AvgIpc) is 2.24. The summed E-state index contributed by atoms with van der Waals surface area (Å²) >= 11 is 7.17. The summed E-state index contributed by atoms with van der Waals surface area (Å²) in [5, 5.41) is 21.3. The molecule has 84 valence electrons. The normalized spacial score (nSPS) is 12.5. The van der Waals surface area contributed by atoms with Gasteiger partial charge in [-0.25, -0.2) is 4.39 Å². The van der Waals surface area contributed by atoms with E-state index in [4.69, 9.17) is 16.7 Å². The predicted octanol–water partition coefficient (Wildman–Crippen LogP) is 2.15. The maximum Gasteiger partial charge on any atom is 0.180 e.